The molecular formula is C29H30ClF4NO5S. The molecule has 0 aliphatic carbocycles. The minimum atomic E-state index is -4.60. The van der Waals surface area contributed by atoms with Crippen LogP contribution >= 0.6 is 11.6 Å². The first kappa shape index (κ1) is 32.4. The van der Waals surface area contributed by atoms with E-state index in [1.165, 1.54) is 42.5 Å². The molecule has 12 heteroatoms. The summed E-state index contributed by atoms with van der Waals surface area (Å²) in [5.74, 6) is -1.38. The van der Waals surface area contributed by atoms with Crippen LogP contribution in [0.1, 0.15) is 41.5 Å². The summed E-state index contributed by atoms with van der Waals surface area (Å²) in [6.07, 6.45) is -3.64. The number of hydrogen-bond acceptors (Lipinski definition) is 5. The van der Waals surface area contributed by atoms with Crippen molar-refractivity contribution in [1.29, 1.82) is 0 Å². The fourth-order valence-corrected chi connectivity index (χ4v) is 5.68. The van der Waals surface area contributed by atoms with Crippen molar-refractivity contribution >= 4 is 27.4 Å². The molecule has 41 heavy (non-hydrogen) atoms. The summed E-state index contributed by atoms with van der Waals surface area (Å²) in [5.41, 5.74) is 0.393. The predicted molar refractivity (Wildman–Crippen MR) is 148 cm³/mol. The van der Waals surface area contributed by atoms with Crippen molar-refractivity contribution in [3.63, 3.8) is 0 Å². The Bertz CT molecular complexity index is 1460. The summed E-state index contributed by atoms with van der Waals surface area (Å²) >= 11 is 6.15. The number of carboxylic acid groups (broad SMARTS) is 1. The number of nitrogens with zero attached hydrogens (tertiary/aromatic N) is 1. The lowest BCUT2D eigenvalue weighted by molar-refractivity contribution is -0.138. The number of hydrogen-bond donors (Lipinski definition) is 1. The standard InChI is InChI=1S/C29H30ClF4NO5S/c1-19(20-7-10-23(31)11-8-20)17-35(18-22-5-3-6-25(28(22)30)29(32,33)34)13-4-14-40-24-12-9-21(15-27(36)37)26(16-24)41(2,38)39/h3,5-12,16,19H,4,13-15,17-18H2,1-2H3,(H,36,37). The average Bonchev–Trinajstić information content (AvgIpc) is 2.87. The lowest BCUT2D eigenvalue weighted by Gasteiger charge is -2.27. The zero-order valence-corrected chi connectivity index (χ0v) is 24.0. The van der Waals surface area contributed by atoms with Crippen molar-refractivity contribution in [1.82, 2.24) is 4.90 Å². The molecule has 0 aromatic heterocycles. The molecule has 1 N–H and O–H groups in total. The van der Waals surface area contributed by atoms with Crippen molar-refractivity contribution in [3.05, 3.63) is 93.8 Å². The molecule has 0 aliphatic heterocycles. The van der Waals surface area contributed by atoms with Crippen LogP contribution in [0.15, 0.2) is 65.6 Å². The van der Waals surface area contributed by atoms with Gasteiger partial charge in [-0.15, -0.1) is 0 Å². The van der Waals surface area contributed by atoms with Gasteiger partial charge in [0.25, 0.3) is 0 Å². The van der Waals surface area contributed by atoms with Crippen LogP contribution < -0.4 is 4.74 Å². The van der Waals surface area contributed by atoms with Gasteiger partial charge in [-0.25, -0.2) is 12.8 Å². The van der Waals surface area contributed by atoms with Gasteiger partial charge in [-0.3, -0.25) is 9.69 Å². The minimum absolute atomic E-state index is 0.0832. The van der Waals surface area contributed by atoms with Gasteiger partial charge in [-0.2, -0.15) is 13.2 Å². The highest BCUT2D eigenvalue weighted by atomic mass is 35.5. The first-order valence-electron chi connectivity index (χ1n) is 12.6. The highest BCUT2D eigenvalue weighted by molar-refractivity contribution is 7.90. The lowest BCUT2D eigenvalue weighted by Crippen LogP contribution is -2.30. The lowest BCUT2D eigenvalue weighted by atomic mass is 10.00. The Morgan fingerprint density at radius 1 is 1.07 bits per heavy atom. The van der Waals surface area contributed by atoms with Crippen molar-refractivity contribution < 1.29 is 40.6 Å². The first-order chi connectivity index (χ1) is 19.1. The Morgan fingerprint density at radius 3 is 2.37 bits per heavy atom. The van der Waals surface area contributed by atoms with Crippen molar-refractivity contribution in [2.24, 2.45) is 0 Å². The van der Waals surface area contributed by atoms with Crippen LogP contribution in [-0.4, -0.2) is 50.3 Å². The molecule has 0 amide bonds. The summed E-state index contributed by atoms with van der Waals surface area (Å²) in [6, 6.07) is 14.0. The van der Waals surface area contributed by atoms with Crippen LogP contribution in [0.3, 0.4) is 0 Å². The third-order valence-electron chi connectivity index (χ3n) is 6.42. The van der Waals surface area contributed by atoms with E-state index in [0.717, 1.165) is 17.9 Å². The van der Waals surface area contributed by atoms with E-state index in [1.54, 1.807) is 12.1 Å². The maximum atomic E-state index is 13.4. The molecule has 1 atom stereocenters. The minimum Gasteiger partial charge on any atom is -0.494 e. The SMILES string of the molecule is CC(CN(CCCOc1ccc(CC(=O)O)c(S(C)(=O)=O)c1)Cc1cccc(C(F)(F)F)c1Cl)c1ccc(F)cc1. The fourth-order valence-electron chi connectivity index (χ4n) is 4.44. The van der Waals surface area contributed by atoms with E-state index in [-0.39, 0.29) is 46.1 Å². The van der Waals surface area contributed by atoms with Crippen LogP contribution in [-0.2, 0) is 33.8 Å². The molecule has 3 aromatic carbocycles. The van der Waals surface area contributed by atoms with E-state index < -0.39 is 34.0 Å². The number of aliphatic carboxylic acids is 1. The zero-order chi connectivity index (χ0) is 30.4. The summed E-state index contributed by atoms with van der Waals surface area (Å²) in [5, 5.41) is 8.70. The Labute approximate surface area is 241 Å². The molecule has 3 rings (SSSR count). The quantitative estimate of drug-likeness (QED) is 0.172. The van der Waals surface area contributed by atoms with Gasteiger partial charge in [0, 0.05) is 25.9 Å². The second-order valence-corrected chi connectivity index (χ2v) is 12.1. The van der Waals surface area contributed by atoms with Gasteiger partial charge in [0.05, 0.1) is 28.5 Å². The van der Waals surface area contributed by atoms with E-state index in [1.807, 2.05) is 11.8 Å². The monoisotopic (exact) mass is 615 g/mol. The number of halogens is 5. The van der Waals surface area contributed by atoms with Gasteiger partial charge in [-0.1, -0.05) is 48.9 Å². The third kappa shape index (κ3) is 9.44. The topological polar surface area (TPSA) is 83.9 Å². The van der Waals surface area contributed by atoms with Crippen molar-refractivity contribution in [2.75, 3.05) is 26.0 Å². The van der Waals surface area contributed by atoms with Gasteiger partial charge >= 0.3 is 12.1 Å². The fraction of sp³-hybridized carbons (Fsp3) is 0.345. The molecule has 0 spiro atoms. The number of rotatable bonds is 13. The van der Waals surface area contributed by atoms with E-state index in [0.29, 0.717) is 25.1 Å². The first-order valence-corrected chi connectivity index (χ1v) is 14.9. The Morgan fingerprint density at radius 2 is 1.76 bits per heavy atom. The second-order valence-electron chi connectivity index (χ2n) is 9.78. The number of benzene rings is 3. The molecule has 6 nitrogen and oxygen atoms in total. The van der Waals surface area contributed by atoms with Gasteiger partial charge in [0.2, 0.25) is 0 Å². The number of carboxylic acids is 1. The maximum Gasteiger partial charge on any atom is 0.417 e. The normalized spacial score (nSPS) is 12.9. The summed E-state index contributed by atoms with van der Waals surface area (Å²) in [6.45, 7) is 3.03. The number of alkyl halides is 3. The van der Waals surface area contributed by atoms with Crippen molar-refractivity contribution in [3.8, 4) is 5.75 Å². The summed E-state index contributed by atoms with van der Waals surface area (Å²) in [4.78, 5) is 12.9. The molecule has 0 heterocycles. The van der Waals surface area contributed by atoms with Crippen molar-refractivity contribution in [2.45, 2.75) is 43.3 Å². The molecule has 0 saturated heterocycles. The zero-order valence-electron chi connectivity index (χ0n) is 22.4. The largest absolute Gasteiger partial charge is 0.494 e. The van der Waals surface area contributed by atoms with Gasteiger partial charge in [0.15, 0.2) is 9.84 Å². The predicted octanol–water partition coefficient (Wildman–Crippen LogP) is 6.60. The van der Waals surface area contributed by atoms with Crippen LogP contribution in [0, 0.1) is 5.82 Å². The Hall–Kier alpha value is -3.15. The Balaban J connectivity index is 1.75. The molecule has 1 unspecified atom stereocenters. The number of sulfone groups is 1. The van der Waals surface area contributed by atoms with Gasteiger partial charge in [0.1, 0.15) is 11.6 Å². The molecule has 222 valence electrons. The smallest absolute Gasteiger partial charge is 0.417 e. The molecular weight excluding hydrogens is 586 g/mol. The highest BCUT2D eigenvalue weighted by Gasteiger charge is 2.34. The molecule has 0 saturated carbocycles. The molecule has 0 radical (unpaired) electrons. The molecule has 0 aliphatic rings. The second kappa shape index (κ2) is 13.7. The van der Waals surface area contributed by atoms with E-state index in [2.05, 4.69) is 0 Å². The van der Waals surface area contributed by atoms with E-state index in [4.69, 9.17) is 21.4 Å². The third-order valence-corrected chi connectivity index (χ3v) is 8.04. The summed E-state index contributed by atoms with van der Waals surface area (Å²) in [7, 11) is -3.71. The van der Waals surface area contributed by atoms with Crippen LogP contribution in [0.4, 0.5) is 17.6 Å². The van der Waals surface area contributed by atoms with Crippen LogP contribution in [0.5, 0.6) is 5.75 Å². The maximum absolute atomic E-state index is 13.4. The molecule has 3 aromatic rings. The Kier molecular flexibility index (Phi) is 10.8. The molecule has 0 fully saturated rings. The number of carbonyl (C=O) groups is 1. The van der Waals surface area contributed by atoms with Crippen LogP contribution in [0.25, 0.3) is 0 Å². The van der Waals surface area contributed by atoms with Gasteiger partial charge < -0.3 is 9.84 Å². The average molecular weight is 616 g/mol. The summed E-state index contributed by atoms with van der Waals surface area (Å²) < 4.78 is 83.7. The molecule has 0 bridgehead atoms. The van der Waals surface area contributed by atoms with Crippen LogP contribution in [0.2, 0.25) is 5.02 Å². The van der Waals surface area contributed by atoms with E-state index in [9.17, 15) is 30.8 Å². The highest BCUT2D eigenvalue weighted by Crippen LogP contribution is 2.36. The van der Waals surface area contributed by atoms with Gasteiger partial charge in [-0.05, 0) is 59.4 Å². The number of ether oxygens (including phenoxy) is 1. The van der Waals surface area contributed by atoms with E-state index >= 15 is 0 Å².